The van der Waals surface area contributed by atoms with Crippen LogP contribution in [-0.4, -0.2) is 28.0 Å². The fourth-order valence-corrected chi connectivity index (χ4v) is 1.12. The van der Waals surface area contributed by atoms with Gasteiger partial charge in [-0.05, 0) is 18.6 Å². The fraction of sp³-hybridized carbons (Fsp3) is 0.182. The Bertz CT molecular complexity index is 389. The van der Waals surface area contributed by atoms with E-state index in [0.29, 0.717) is 0 Å². The fourth-order valence-electron chi connectivity index (χ4n) is 1.12. The Morgan fingerprint density at radius 2 is 2.31 bits per heavy atom. The molecule has 1 aromatic heterocycles. The third kappa shape index (κ3) is 3.20. The third-order valence-electron chi connectivity index (χ3n) is 1.90. The van der Waals surface area contributed by atoms with E-state index in [1.54, 1.807) is 12.1 Å². The smallest absolute Gasteiger partial charge is 0.326 e. The van der Waals surface area contributed by atoms with Gasteiger partial charge in [-0.2, -0.15) is 0 Å². The van der Waals surface area contributed by atoms with Crippen molar-refractivity contribution < 1.29 is 14.7 Å². The lowest BCUT2D eigenvalue weighted by Gasteiger charge is -2.11. The first-order valence-corrected chi connectivity index (χ1v) is 4.70. The second-order valence-corrected chi connectivity index (χ2v) is 3.10. The van der Waals surface area contributed by atoms with Crippen LogP contribution < -0.4 is 5.32 Å². The molecule has 0 aliphatic rings. The van der Waals surface area contributed by atoms with Crippen molar-refractivity contribution in [3.63, 3.8) is 0 Å². The van der Waals surface area contributed by atoms with Gasteiger partial charge < -0.3 is 10.4 Å². The molecule has 5 nitrogen and oxygen atoms in total. The first-order valence-electron chi connectivity index (χ1n) is 4.70. The van der Waals surface area contributed by atoms with Gasteiger partial charge in [0.25, 0.3) is 5.91 Å². The van der Waals surface area contributed by atoms with Gasteiger partial charge in [-0.3, -0.25) is 9.78 Å². The summed E-state index contributed by atoms with van der Waals surface area (Å²) >= 11 is 0. The van der Waals surface area contributed by atoms with Crippen LogP contribution in [-0.2, 0) is 4.79 Å². The summed E-state index contributed by atoms with van der Waals surface area (Å²) in [5, 5.41) is 11.2. The molecule has 1 rings (SSSR count). The predicted octanol–water partition coefficient (Wildman–Crippen LogP) is 0.841. The zero-order chi connectivity index (χ0) is 12.0. The summed E-state index contributed by atoms with van der Waals surface area (Å²) < 4.78 is 0. The molecule has 1 atom stereocenters. The first-order chi connectivity index (χ1) is 7.65. The molecule has 0 unspecified atom stereocenters. The van der Waals surface area contributed by atoms with Crippen molar-refractivity contribution in [2.75, 3.05) is 0 Å². The van der Waals surface area contributed by atoms with Crippen LogP contribution in [0, 0.1) is 0 Å². The maximum absolute atomic E-state index is 11.6. The predicted molar refractivity (Wildman–Crippen MR) is 57.9 cm³/mol. The van der Waals surface area contributed by atoms with E-state index in [4.69, 9.17) is 5.11 Å². The van der Waals surface area contributed by atoms with Gasteiger partial charge in [-0.25, -0.2) is 4.79 Å². The minimum Gasteiger partial charge on any atom is -0.480 e. The Labute approximate surface area is 92.8 Å². The van der Waals surface area contributed by atoms with Crippen molar-refractivity contribution in [1.82, 2.24) is 10.3 Å². The van der Waals surface area contributed by atoms with Gasteiger partial charge in [0, 0.05) is 6.20 Å². The topological polar surface area (TPSA) is 79.3 Å². The van der Waals surface area contributed by atoms with Gasteiger partial charge in [0.15, 0.2) is 0 Å². The van der Waals surface area contributed by atoms with Crippen LogP contribution in [0.5, 0.6) is 0 Å². The number of nitrogens with one attached hydrogen (secondary N) is 1. The molecule has 0 fully saturated rings. The number of amides is 1. The van der Waals surface area contributed by atoms with Crippen LogP contribution in [0.25, 0.3) is 0 Å². The van der Waals surface area contributed by atoms with Gasteiger partial charge in [0.05, 0.1) is 0 Å². The maximum Gasteiger partial charge on any atom is 0.326 e. The number of carbonyl (C=O) groups excluding carboxylic acids is 1. The minimum atomic E-state index is -1.09. The second-order valence-electron chi connectivity index (χ2n) is 3.10. The lowest BCUT2D eigenvalue weighted by molar-refractivity contribution is -0.139. The van der Waals surface area contributed by atoms with Crippen LogP contribution in [0.4, 0.5) is 0 Å². The molecule has 0 saturated heterocycles. The number of carbonyl (C=O) groups is 2. The minimum absolute atomic E-state index is 0.175. The highest BCUT2D eigenvalue weighted by Gasteiger charge is 2.19. The largest absolute Gasteiger partial charge is 0.480 e. The summed E-state index contributed by atoms with van der Waals surface area (Å²) in [6.45, 7) is 3.43. The summed E-state index contributed by atoms with van der Waals surface area (Å²) in [5.74, 6) is -1.60. The number of aromatic nitrogens is 1. The van der Waals surface area contributed by atoms with Gasteiger partial charge in [0.1, 0.15) is 11.7 Å². The van der Waals surface area contributed by atoms with Crippen LogP contribution in [0.15, 0.2) is 37.1 Å². The van der Waals surface area contributed by atoms with Crippen molar-refractivity contribution in [2.24, 2.45) is 0 Å². The van der Waals surface area contributed by atoms with E-state index >= 15 is 0 Å². The van der Waals surface area contributed by atoms with E-state index in [1.165, 1.54) is 18.3 Å². The molecule has 5 heteroatoms. The van der Waals surface area contributed by atoms with E-state index in [1.807, 2.05) is 0 Å². The summed E-state index contributed by atoms with van der Waals surface area (Å²) in [4.78, 5) is 26.2. The molecular formula is C11H12N2O3. The molecule has 0 aliphatic carbocycles. The van der Waals surface area contributed by atoms with E-state index in [2.05, 4.69) is 16.9 Å². The molecule has 0 radical (unpaired) electrons. The number of pyridine rings is 1. The molecule has 84 valence electrons. The first kappa shape index (κ1) is 11.9. The average Bonchev–Trinajstić information content (AvgIpc) is 2.29. The van der Waals surface area contributed by atoms with E-state index in [9.17, 15) is 9.59 Å². The molecule has 16 heavy (non-hydrogen) atoms. The van der Waals surface area contributed by atoms with Crippen molar-refractivity contribution in [1.29, 1.82) is 0 Å². The lowest BCUT2D eigenvalue weighted by Crippen LogP contribution is -2.40. The molecule has 0 aliphatic heterocycles. The van der Waals surface area contributed by atoms with E-state index in [-0.39, 0.29) is 12.1 Å². The summed E-state index contributed by atoms with van der Waals surface area (Å²) in [6.07, 6.45) is 3.09. The number of nitrogens with zero attached hydrogens (tertiary/aromatic N) is 1. The molecule has 0 saturated carbocycles. The van der Waals surface area contributed by atoms with Crippen molar-refractivity contribution in [3.8, 4) is 0 Å². The van der Waals surface area contributed by atoms with Crippen LogP contribution in [0.2, 0.25) is 0 Å². The Morgan fingerprint density at radius 3 is 2.81 bits per heavy atom. The summed E-state index contributed by atoms with van der Waals surface area (Å²) in [5.41, 5.74) is 0.192. The van der Waals surface area contributed by atoms with Crippen LogP contribution >= 0.6 is 0 Å². The zero-order valence-electron chi connectivity index (χ0n) is 8.59. The summed E-state index contributed by atoms with van der Waals surface area (Å²) in [6, 6.07) is 3.88. The third-order valence-corrected chi connectivity index (χ3v) is 1.90. The Hall–Kier alpha value is -2.17. The Morgan fingerprint density at radius 1 is 1.56 bits per heavy atom. The highest BCUT2D eigenvalue weighted by atomic mass is 16.4. The molecule has 0 aromatic carbocycles. The average molecular weight is 220 g/mol. The molecule has 0 spiro atoms. The second kappa shape index (κ2) is 5.65. The van der Waals surface area contributed by atoms with Gasteiger partial charge in [0.2, 0.25) is 0 Å². The Kier molecular flexibility index (Phi) is 4.20. The molecule has 1 heterocycles. The van der Waals surface area contributed by atoms with E-state index in [0.717, 1.165) is 0 Å². The summed E-state index contributed by atoms with van der Waals surface area (Å²) in [7, 11) is 0. The van der Waals surface area contributed by atoms with Gasteiger partial charge in [-0.15, -0.1) is 6.58 Å². The number of hydrogen-bond donors (Lipinski definition) is 2. The number of carboxylic acids is 1. The highest BCUT2D eigenvalue weighted by molar-refractivity contribution is 5.94. The monoisotopic (exact) mass is 220 g/mol. The molecule has 2 N–H and O–H groups in total. The number of aliphatic carboxylic acids is 1. The van der Waals surface area contributed by atoms with Gasteiger partial charge in [-0.1, -0.05) is 12.1 Å². The Balaban J connectivity index is 2.69. The van der Waals surface area contributed by atoms with Crippen molar-refractivity contribution in [3.05, 3.63) is 42.7 Å². The van der Waals surface area contributed by atoms with Crippen LogP contribution in [0.3, 0.4) is 0 Å². The number of rotatable bonds is 5. The van der Waals surface area contributed by atoms with Crippen molar-refractivity contribution in [2.45, 2.75) is 12.5 Å². The molecular weight excluding hydrogens is 208 g/mol. The number of carboxylic acid groups (broad SMARTS) is 1. The standard InChI is InChI=1S/C11H12N2O3/c1-2-5-9(11(15)16)13-10(14)8-6-3-4-7-12-8/h2-4,6-7,9H,1,5H2,(H,13,14)(H,15,16)/t9-/m1/s1. The van der Waals surface area contributed by atoms with E-state index < -0.39 is 17.9 Å². The molecule has 0 bridgehead atoms. The van der Waals surface area contributed by atoms with Gasteiger partial charge >= 0.3 is 5.97 Å². The van der Waals surface area contributed by atoms with Crippen LogP contribution in [0.1, 0.15) is 16.9 Å². The number of hydrogen-bond acceptors (Lipinski definition) is 3. The zero-order valence-corrected chi connectivity index (χ0v) is 8.59. The maximum atomic E-state index is 11.6. The van der Waals surface area contributed by atoms with Crippen molar-refractivity contribution >= 4 is 11.9 Å². The molecule has 1 aromatic rings. The normalized spacial score (nSPS) is 11.5. The SMILES string of the molecule is C=CC[C@@H](NC(=O)c1ccccn1)C(=O)O. The quantitative estimate of drug-likeness (QED) is 0.721. The lowest BCUT2D eigenvalue weighted by atomic mass is 10.2. The highest BCUT2D eigenvalue weighted by Crippen LogP contribution is 1.98. The molecule has 1 amide bonds.